The molecule has 2 atom stereocenters. The number of nitrogens with zero attached hydrogens (tertiary/aromatic N) is 3. The van der Waals surface area contributed by atoms with Crippen molar-refractivity contribution in [2.45, 2.75) is 37.5 Å². The molecule has 8 heteroatoms. The largest absolute Gasteiger partial charge is 0.372 e. The molecule has 2 aliphatic rings. The number of carbonyl (C=O) groups excluding carboxylic acids is 1. The van der Waals surface area contributed by atoms with Crippen molar-refractivity contribution in [1.82, 2.24) is 14.1 Å². The van der Waals surface area contributed by atoms with Gasteiger partial charge in [0.05, 0.1) is 17.1 Å². The summed E-state index contributed by atoms with van der Waals surface area (Å²) in [7, 11) is -3.66. The highest BCUT2D eigenvalue weighted by Crippen LogP contribution is 2.21. The van der Waals surface area contributed by atoms with E-state index in [1.807, 2.05) is 32.0 Å². The molecule has 0 unspecified atom stereocenters. The topological polar surface area (TPSA) is 70.2 Å². The van der Waals surface area contributed by atoms with E-state index in [1.54, 1.807) is 23.1 Å². The van der Waals surface area contributed by atoms with Gasteiger partial charge < -0.3 is 9.64 Å². The Morgan fingerprint density at radius 3 is 2.25 bits per heavy atom. The molecular formula is C24H31N3O4S. The standard InChI is InChI=1S/C24H31N3O4S/c1-19-16-26(17-20(2)31-19)24(28)22-9-6-10-23(15-22)32(29,30)27-13-11-25(12-14-27)18-21-7-4-3-5-8-21/h3-10,15,19-20H,11-14,16-18H2,1-2H3/t19-,20+. The number of carbonyl (C=O) groups is 1. The molecule has 2 fully saturated rings. The van der Waals surface area contributed by atoms with Gasteiger partial charge in [-0.25, -0.2) is 8.42 Å². The molecule has 1 amide bonds. The van der Waals surface area contributed by atoms with E-state index in [-0.39, 0.29) is 23.0 Å². The molecule has 2 aromatic carbocycles. The Balaban J connectivity index is 1.42. The Bertz CT molecular complexity index is 1030. The molecule has 0 saturated carbocycles. The second kappa shape index (κ2) is 9.70. The van der Waals surface area contributed by atoms with Gasteiger partial charge in [-0.15, -0.1) is 0 Å². The first-order valence-corrected chi connectivity index (χ1v) is 12.6. The van der Waals surface area contributed by atoms with E-state index in [0.29, 0.717) is 44.8 Å². The van der Waals surface area contributed by atoms with Crippen LogP contribution in [0.2, 0.25) is 0 Å². The molecule has 32 heavy (non-hydrogen) atoms. The van der Waals surface area contributed by atoms with E-state index in [4.69, 9.17) is 4.74 Å². The molecule has 0 N–H and O–H groups in total. The van der Waals surface area contributed by atoms with Crippen LogP contribution in [-0.2, 0) is 21.3 Å². The fourth-order valence-corrected chi connectivity index (χ4v) is 5.90. The van der Waals surface area contributed by atoms with Gasteiger partial charge in [-0.2, -0.15) is 4.31 Å². The minimum Gasteiger partial charge on any atom is -0.372 e. The maximum Gasteiger partial charge on any atom is 0.254 e. The van der Waals surface area contributed by atoms with Crippen molar-refractivity contribution in [2.24, 2.45) is 0 Å². The summed E-state index contributed by atoms with van der Waals surface area (Å²) in [5.41, 5.74) is 1.62. The first kappa shape index (κ1) is 22.9. The third-order valence-corrected chi connectivity index (χ3v) is 7.90. The second-order valence-electron chi connectivity index (χ2n) is 8.66. The van der Waals surface area contributed by atoms with Crippen molar-refractivity contribution >= 4 is 15.9 Å². The molecule has 172 valence electrons. The summed E-state index contributed by atoms with van der Waals surface area (Å²) in [6.45, 7) is 7.93. The average Bonchev–Trinajstić information content (AvgIpc) is 2.79. The first-order chi connectivity index (χ1) is 15.3. The summed E-state index contributed by atoms with van der Waals surface area (Å²) in [6.07, 6.45) is -0.0800. The molecule has 2 aromatic rings. The Hall–Kier alpha value is -2.26. The summed E-state index contributed by atoms with van der Waals surface area (Å²) in [5, 5.41) is 0. The highest BCUT2D eigenvalue weighted by molar-refractivity contribution is 7.89. The SMILES string of the molecule is C[C@@H]1CN(C(=O)c2cccc(S(=O)(=O)N3CCN(Cc4ccccc4)CC3)c2)C[C@H](C)O1. The highest BCUT2D eigenvalue weighted by atomic mass is 32.2. The van der Waals surface area contributed by atoms with Crippen LogP contribution in [0.15, 0.2) is 59.5 Å². The number of hydrogen-bond donors (Lipinski definition) is 0. The highest BCUT2D eigenvalue weighted by Gasteiger charge is 2.30. The zero-order valence-electron chi connectivity index (χ0n) is 18.7. The normalized spacial score (nSPS) is 23.2. The van der Waals surface area contributed by atoms with E-state index < -0.39 is 10.0 Å². The molecular weight excluding hydrogens is 426 g/mol. The van der Waals surface area contributed by atoms with Crippen LogP contribution < -0.4 is 0 Å². The van der Waals surface area contributed by atoms with Crippen LogP contribution in [0, 0.1) is 0 Å². The number of ether oxygens (including phenoxy) is 1. The van der Waals surface area contributed by atoms with E-state index in [0.717, 1.165) is 6.54 Å². The number of sulfonamides is 1. The maximum absolute atomic E-state index is 13.3. The van der Waals surface area contributed by atoms with Crippen LogP contribution in [0.3, 0.4) is 0 Å². The summed E-state index contributed by atoms with van der Waals surface area (Å²) < 4.78 is 33.8. The first-order valence-electron chi connectivity index (χ1n) is 11.1. The van der Waals surface area contributed by atoms with Gasteiger partial charge in [0.15, 0.2) is 0 Å². The van der Waals surface area contributed by atoms with Gasteiger partial charge in [-0.3, -0.25) is 9.69 Å². The lowest BCUT2D eigenvalue weighted by Crippen LogP contribution is -2.48. The predicted molar refractivity (Wildman–Crippen MR) is 123 cm³/mol. The van der Waals surface area contributed by atoms with Gasteiger partial charge in [0.25, 0.3) is 5.91 Å². The van der Waals surface area contributed by atoms with E-state index >= 15 is 0 Å². The molecule has 0 aromatic heterocycles. The van der Waals surface area contributed by atoms with E-state index in [9.17, 15) is 13.2 Å². The molecule has 0 radical (unpaired) electrons. The Labute approximate surface area is 190 Å². The predicted octanol–water partition coefficient (Wildman–Crippen LogP) is 2.44. The Morgan fingerprint density at radius 2 is 1.59 bits per heavy atom. The van der Waals surface area contributed by atoms with Crippen molar-refractivity contribution in [3.8, 4) is 0 Å². The van der Waals surface area contributed by atoms with Crippen molar-refractivity contribution in [2.75, 3.05) is 39.3 Å². The molecule has 7 nitrogen and oxygen atoms in total. The molecule has 0 aliphatic carbocycles. The lowest BCUT2D eigenvalue weighted by molar-refractivity contribution is -0.0586. The molecule has 2 saturated heterocycles. The van der Waals surface area contributed by atoms with Crippen LogP contribution in [0.25, 0.3) is 0 Å². The van der Waals surface area contributed by atoms with Gasteiger partial charge >= 0.3 is 0 Å². The number of hydrogen-bond acceptors (Lipinski definition) is 5. The third kappa shape index (κ3) is 5.20. The van der Waals surface area contributed by atoms with Crippen molar-refractivity contribution < 1.29 is 17.9 Å². The second-order valence-corrected chi connectivity index (χ2v) is 10.6. The molecule has 2 heterocycles. The van der Waals surface area contributed by atoms with Crippen LogP contribution in [0.5, 0.6) is 0 Å². The summed E-state index contributed by atoms with van der Waals surface area (Å²) in [4.78, 5) is 17.2. The summed E-state index contributed by atoms with van der Waals surface area (Å²) in [5.74, 6) is -0.156. The van der Waals surface area contributed by atoms with E-state index in [1.165, 1.54) is 15.9 Å². The summed E-state index contributed by atoms with van der Waals surface area (Å²) in [6, 6.07) is 16.6. The van der Waals surface area contributed by atoms with Gasteiger partial charge in [-0.05, 0) is 37.6 Å². The molecule has 0 bridgehead atoms. The fraction of sp³-hybridized carbons (Fsp3) is 0.458. The minimum absolute atomic E-state index is 0.0400. The van der Waals surface area contributed by atoms with Gasteiger partial charge in [0.2, 0.25) is 10.0 Å². The fourth-order valence-electron chi connectivity index (χ4n) is 4.43. The quantitative estimate of drug-likeness (QED) is 0.690. The van der Waals surface area contributed by atoms with Crippen LogP contribution in [0.1, 0.15) is 29.8 Å². The van der Waals surface area contributed by atoms with Crippen molar-refractivity contribution in [3.63, 3.8) is 0 Å². The van der Waals surface area contributed by atoms with Crippen molar-refractivity contribution in [3.05, 3.63) is 65.7 Å². The Kier molecular flexibility index (Phi) is 6.95. The van der Waals surface area contributed by atoms with E-state index in [2.05, 4.69) is 17.0 Å². The number of morpholine rings is 1. The third-order valence-electron chi connectivity index (χ3n) is 6.01. The van der Waals surface area contributed by atoms with Crippen LogP contribution in [-0.4, -0.2) is 79.9 Å². The zero-order chi connectivity index (χ0) is 22.7. The van der Waals surface area contributed by atoms with Crippen LogP contribution >= 0.6 is 0 Å². The lowest BCUT2D eigenvalue weighted by atomic mass is 10.1. The Morgan fingerprint density at radius 1 is 0.938 bits per heavy atom. The molecule has 2 aliphatic heterocycles. The minimum atomic E-state index is -3.66. The zero-order valence-corrected chi connectivity index (χ0v) is 19.5. The maximum atomic E-state index is 13.3. The number of rotatable bonds is 5. The smallest absolute Gasteiger partial charge is 0.254 e. The van der Waals surface area contributed by atoms with Gasteiger partial charge in [0, 0.05) is 51.4 Å². The molecule has 0 spiro atoms. The monoisotopic (exact) mass is 457 g/mol. The lowest BCUT2D eigenvalue weighted by Gasteiger charge is -2.35. The van der Waals surface area contributed by atoms with Crippen molar-refractivity contribution in [1.29, 1.82) is 0 Å². The average molecular weight is 458 g/mol. The van der Waals surface area contributed by atoms with Gasteiger partial charge in [-0.1, -0.05) is 36.4 Å². The van der Waals surface area contributed by atoms with Crippen LogP contribution in [0.4, 0.5) is 0 Å². The van der Waals surface area contributed by atoms with Gasteiger partial charge in [0.1, 0.15) is 0 Å². The number of benzene rings is 2. The molecule has 4 rings (SSSR count). The number of amides is 1. The summed E-state index contributed by atoms with van der Waals surface area (Å²) >= 11 is 0. The number of piperazine rings is 1.